The van der Waals surface area contributed by atoms with Crippen LogP contribution in [-0.4, -0.2) is 25.2 Å². The number of unbranched alkanes of at least 4 members (excludes halogenated alkanes) is 1. The Morgan fingerprint density at radius 2 is 1.65 bits per heavy atom. The Bertz CT molecular complexity index is 307. The maximum absolute atomic E-state index is 11.0. The summed E-state index contributed by atoms with van der Waals surface area (Å²) >= 11 is 0. The second-order valence-electron chi connectivity index (χ2n) is 3.29. The van der Waals surface area contributed by atoms with Crippen LogP contribution in [0.25, 0.3) is 0 Å². The summed E-state index contributed by atoms with van der Waals surface area (Å²) in [5.41, 5.74) is 10.7. The number of allylic oxidation sites excluding steroid dienone is 1. The lowest BCUT2D eigenvalue weighted by Gasteiger charge is -2.03. The van der Waals surface area contributed by atoms with Gasteiger partial charge in [0.25, 0.3) is 0 Å². The van der Waals surface area contributed by atoms with Crippen LogP contribution in [0.4, 0.5) is 0 Å². The van der Waals surface area contributed by atoms with Crippen molar-refractivity contribution in [1.29, 1.82) is 0 Å². The van der Waals surface area contributed by atoms with Crippen LogP contribution in [0.3, 0.4) is 0 Å². The molecule has 0 fully saturated rings. The number of carbonyl (C=O) groups is 2. The zero-order valence-corrected chi connectivity index (χ0v) is 9.85. The Balaban J connectivity index is 3.44. The summed E-state index contributed by atoms with van der Waals surface area (Å²) in [6, 6.07) is 0. The van der Waals surface area contributed by atoms with E-state index in [0.717, 1.165) is 12.3 Å². The molecule has 0 aromatic rings. The molecule has 0 rings (SSSR count). The van der Waals surface area contributed by atoms with Gasteiger partial charge >= 0.3 is 11.9 Å². The van der Waals surface area contributed by atoms with Crippen molar-refractivity contribution in [3.8, 4) is 0 Å². The van der Waals surface area contributed by atoms with E-state index in [4.69, 9.17) is 20.9 Å². The van der Waals surface area contributed by atoms with E-state index in [1.54, 1.807) is 6.92 Å². The van der Waals surface area contributed by atoms with E-state index in [-0.39, 0.29) is 13.2 Å². The summed E-state index contributed by atoms with van der Waals surface area (Å²) in [6.45, 7) is 2.14. The Morgan fingerprint density at radius 3 is 2.12 bits per heavy atom. The predicted molar refractivity (Wildman–Crippen MR) is 62.4 cm³/mol. The second-order valence-corrected chi connectivity index (χ2v) is 3.29. The lowest BCUT2D eigenvalue weighted by molar-refractivity contribution is -0.140. The highest BCUT2D eigenvalue weighted by Gasteiger charge is 1.99. The molecule has 0 aromatic heterocycles. The second kappa shape index (κ2) is 9.26. The lowest BCUT2D eigenvalue weighted by Crippen LogP contribution is -2.07. The Morgan fingerprint density at radius 1 is 1.12 bits per heavy atom. The Kier molecular flexibility index (Phi) is 8.18. The fourth-order valence-corrected chi connectivity index (χ4v) is 0.904. The van der Waals surface area contributed by atoms with Gasteiger partial charge in [-0.3, -0.25) is 0 Å². The molecule has 0 unspecified atom stereocenters. The molecule has 0 saturated carbocycles. The highest BCUT2D eigenvalue weighted by molar-refractivity contribution is 5.82. The zero-order valence-electron chi connectivity index (χ0n) is 9.85. The molecule has 0 bridgehead atoms. The van der Waals surface area contributed by atoms with Gasteiger partial charge in [-0.25, -0.2) is 9.59 Å². The highest BCUT2D eigenvalue weighted by atomic mass is 16.5. The number of nitrogens with two attached hydrogens (primary N) is 2. The van der Waals surface area contributed by atoms with E-state index in [1.165, 1.54) is 6.08 Å². The molecule has 17 heavy (non-hydrogen) atoms. The number of hydrogen-bond donors (Lipinski definition) is 2. The quantitative estimate of drug-likeness (QED) is 0.375. The molecule has 0 aromatic carbocycles. The number of ether oxygens (including phenoxy) is 2. The Labute approximate surface area is 100 Å². The molecule has 6 nitrogen and oxygen atoms in total. The largest absolute Gasteiger partial charge is 0.462 e. The van der Waals surface area contributed by atoms with Crippen LogP contribution in [0.5, 0.6) is 0 Å². The molecule has 0 radical (unpaired) electrons. The van der Waals surface area contributed by atoms with Gasteiger partial charge in [0.15, 0.2) is 0 Å². The molecule has 6 heteroatoms. The van der Waals surface area contributed by atoms with E-state index in [0.29, 0.717) is 18.5 Å². The van der Waals surface area contributed by atoms with Gasteiger partial charge in [-0.15, -0.1) is 0 Å². The van der Waals surface area contributed by atoms with E-state index >= 15 is 0 Å². The normalized spacial score (nSPS) is 11.5. The molecule has 96 valence electrons. The molecule has 0 spiro atoms. The van der Waals surface area contributed by atoms with Crippen LogP contribution in [0, 0.1) is 0 Å². The van der Waals surface area contributed by atoms with Crippen molar-refractivity contribution in [3.05, 3.63) is 24.0 Å². The first-order valence-electron chi connectivity index (χ1n) is 5.22. The van der Waals surface area contributed by atoms with Gasteiger partial charge < -0.3 is 20.9 Å². The third-order valence-corrected chi connectivity index (χ3v) is 1.61. The molecule has 0 aliphatic heterocycles. The van der Waals surface area contributed by atoms with E-state index in [1.807, 2.05) is 0 Å². The molecule has 4 N–H and O–H groups in total. The number of carbonyl (C=O) groups excluding carboxylic acids is 2. The third-order valence-electron chi connectivity index (χ3n) is 1.61. The molecule has 0 aliphatic rings. The van der Waals surface area contributed by atoms with E-state index in [9.17, 15) is 9.59 Å². The number of esters is 2. The van der Waals surface area contributed by atoms with Gasteiger partial charge in [-0.05, 0) is 19.8 Å². The monoisotopic (exact) mass is 242 g/mol. The van der Waals surface area contributed by atoms with Gasteiger partial charge in [-0.2, -0.15) is 0 Å². The van der Waals surface area contributed by atoms with Crippen LogP contribution in [0.15, 0.2) is 24.0 Å². The fraction of sp³-hybridized carbons (Fsp3) is 0.455. The van der Waals surface area contributed by atoms with E-state index in [2.05, 4.69) is 0 Å². The van der Waals surface area contributed by atoms with E-state index < -0.39 is 11.9 Å². The summed E-state index contributed by atoms with van der Waals surface area (Å²) in [5, 5.41) is 0. The lowest BCUT2D eigenvalue weighted by atomic mass is 10.3. The summed E-state index contributed by atoms with van der Waals surface area (Å²) in [6.07, 6.45) is 4.69. The standard InChI is InChI=1S/C11H18N2O4/c1-9(13)8-11(15)17-7-3-2-6-16-10(14)4-5-12/h4-5,8H,2-3,6-7,12-13H2,1H3/b5-4-,9-8-. The average Bonchev–Trinajstić information content (AvgIpc) is 2.22. The molecule has 0 atom stereocenters. The minimum atomic E-state index is -0.480. The fourth-order valence-electron chi connectivity index (χ4n) is 0.904. The van der Waals surface area contributed by atoms with Crippen molar-refractivity contribution in [3.63, 3.8) is 0 Å². The van der Waals surface area contributed by atoms with Crippen molar-refractivity contribution in [2.24, 2.45) is 11.5 Å². The van der Waals surface area contributed by atoms with Crippen LogP contribution < -0.4 is 11.5 Å². The number of rotatable bonds is 7. The maximum Gasteiger partial charge on any atom is 0.332 e. The van der Waals surface area contributed by atoms with Crippen molar-refractivity contribution >= 4 is 11.9 Å². The van der Waals surface area contributed by atoms with Gasteiger partial charge in [0.2, 0.25) is 0 Å². The number of hydrogen-bond acceptors (Lipinski definition) is 6. The smallest absolute Gasteiger partial charge is 0.332 e. The van der Waals surface area contributed by atoms with Crippen LogP contribution >= 0.6 is 0 Å². The summed E-state index contributed by atoms with van der Waals surface area (Å²) in [4.78, 5) is 21.8. The van der Waals surface area contributed by atoms with Crippen LogP contribution in [0.1, 0.15) is 19.8 Å². The van der Waals surface area contributed by atoms with Crippen LogP contribution in [0.2, 0.25) is 0 Å². The molecule has 0 aliphatic carbocycles. The topological polar surface area (TPSA) is 105 Å². The maximum atomic E-state index is 11.0. The van der Waals surface area contributed by atoms with Crippen molar-refractivity contribution < 1.29 is 19.1 Å². The zero-order chi connectivity index (χ0) is 13.1. The van der Waals surface area contributed by atoms with Crippen LogP contribution in [-0.2, 0) is 19.1 Å². The molecule has 0 amide bonds. The first-order valence-corrected chi connectivity index (χ1v) is 5.22. The first kappa shape index (κ1) is 15.0. The molecular formula is C11H18N2O4. The van der Waals surface area contributed by atoms with Gasteiger partial charge in [-0.1, -0.05) is 0 Å². The van der Waals surface area contributed by atoms with Gasteiger partial charge in [0, 0.05) is 24.0 Å². The third kappa shape index (κ3) is 10.3. The van der Waals surface area contributed by atoms with Gasteiger partial charge in [0.05, 0.1) is 13.2 Å². The highest BCUT2D eigenvalue weighted by Crippen LogP contribution is 1.94. The molecular weight excluding hydrogens is 224 g/mol. The molecule has 0 heterocycles. The summed E-state index contributed by atoms with van der Waals surface area (Å²) < 4.78 is 9.61. The Hall–Kier alpha value is -1.98. The SMILES string of the molecule is C/C(N)=C/C(=O)OCCCCOC(=O)/C=C\N. The van der Waals surface area contributed by atoms with Crippen molar-refractivity contribution in [2.45, 2.75) is 19.8 Å². The van der Waals surface area contributed by atoms with Crippen molar-refractivity contribution in [1.82, 2.24) is 0 Å². The summed E-state index contributed by atoms with van der Waals surface area (Å²) in [7, 11) is 0. The summed E-state index contributed by atoms with van der Waals surface area (Å²) in [5.74, 6) is -0.945. The van der Waals surface area contributed by atoms with Crippen molar-refractivity contribution in [2.75, 3.05) is 13.2 Å². The minimum absolute atomic E-state index is 0.270. The first-order chi connectivity index (χ1) is 8.06. The molecule has 0 saturated heterocycles. The predicted octanol–water partition coefficient (Wildman–Crippen LogP) is 0.188. The van der Waals surface area contributed by atoms with Gasteiger partial charge in [0.1, 0.15) is 0 Å². The average molecular weight is 242 g/mol. The minimum Gasteiger partial charge on any atom is -0.462 e.